The second-order valence-corrected chi connectivity index (χ2v) is 6.19. The molecule has 4 heteroatoms. The molecule has 1 fully saturated rings. The van der Waals surface area contributed by atoms with Crippen LogP contribution in [0.4, 0.5) is 4.79 Å². The SMILES string of the molecule is CC(C)(C)C1CCC(OC(=O)n2ccnc2)CC1. The maximum absolute atomic E-state index is 11.8. The van der Waals surface area contributed by atoms with Crippen molar-refractivity contribution in [3.05, 3.63) is 18.7 Å². The van der Waals surface area contributed by atoms with E-state index < -0.39 is 0 Å². The number of aromatic nitrogens is 2. The molecule has 0 spiro atoms. The molecule has 4 nitrogen and oxygen atoms in total. The molecule has 0 atom stereocenters. The molecule has 1 aromatic heterocycles. The molecular weight excluding hydrogens is 228 g/mol. The van der Waals surface area contributed by atoms with Gasteiger partial charge in [-0.05, 0) is 37.0 Å². The summed E-state index contributed by atoms with van der Waals surface area (Å²) in [7, 11) is 0. The van der Waals surface area contributed by atoms with Gasteiger partial charge in [-0.2, -0.15) is 0 Å². The van der Waals surface area contributed by atoms with Gasteiger partial charge < -0.3 is 4.74 Å². The van der Waals surface area contributed by atoms with Crippen LogP contribution in [0.1, 0.15) is 46.5 Å². The summed E-state index contributed by atoms with van der Waals surface area (Å²) >= 11 is 0. The maximum atomic E-state index is 11.8. The minimum Gasteiger partial charge on any atom is -0.446 e. The van der Waals surface area contributed by atoms with Crippen molar-refractivity contribution in [1.82, 2.24) is 9.55 Å². The highest BCUT2D eigenvalue weighted by molar-refractivity contribution is 5.70. The van der Waals surface area contributed by atoms with Crippen LogP contribution in [0.25, 0.3) is 0 Å². The summed E-state index contributed by atoms with van der Waals surface area (Å²) in [4.78, 5) is 15.6. The topological polar surface area (TPSA) is 44.1 Å². The van der Waals surface area contributed by atoms with Crippen LogP contribution in [0.3, 0.4) is 0 Å². The standard InChI is InChI=1S/C14H22N2O2/c1-14(2,3)11-4-6-12(7-5-11)18-13(17)16-9-8-15-10-16/h8-12H,4-7H2,1-3H3. The molecule has 1 aliphatic rings. The molecule has 0 unspecified atom stereocenters. The lowest BCUT2D eigenvalue weighted by Crippen LogP contribution is -2.31. The van der Waals surface area contributed by atoms with Crippen LogP contribution in [0.15, 0.2) is 18.7 Å². The lowest BCUT2D eigenvalue weighted by molar-refractivity contribution is 0.0461. The van der Waals surface area contributed by atoms with Crippen LogP contribution in [0.5, 0.6) is 0 Å². The Balaban J connectivity index is 1.82. The number of ether oxygens (including phenoxy) is 1. The summed E-state index contributed by atoms with van der Waals surface area (Å²) in [6.07, 6.45) is 8.66. The van der Waals surface area contributed by atoms with Gasteiger partial charge in [0.05, 0.1) is 0 Å². The van der Waals surface area contributed by atoms with E-state index in [2.05, 4.69) is 25.8 Å². The predicted octanol–water partition coefficient (Wildman–Crippen LogP) is 3.47. The second-order valence-electron chi connectivity index (χ2n) is 6.19. The molecule has 0 N–H and O–H groups in total. The van der Waals surface area contributed by atoms with E-state index in [9.17, 15) is 4.79 Å². The number of imidazole rings is 1. The quantitative estimate of drug-likeness (QED) is 0.766. The average Bonchev–Trinajstić information content (AvgIpc) is 2.82. The summed E-state index contributed by atoms with van der Waals surface area (Å²) in [6, 6.07) is 0. The number of hydrogen-bond donors (Lipinski definition) is 0. The second kappa shape index (κ2) is 5.12. The van der Waals surface area contributed by atoms with Gasteiger partial charge in [-0.25, -0.2) is 14.3 Å². The number of carbonyl (C=O) groups is 1. The van der Waals surface area contributed by atoms with E-state index in [0.717, 1.165) is 31.6 Å². The van der Waals surface area contributed by atoms with Crippen molar-refractivity contribution in [2.75, 3.05) is 0 Å². The smallest absolute Gasteiger partial charge is 0.419 e. The van der Waals surface area contributed by atoms with Gasteiger partial charge in [0.15, 0.2) is 0 Å². The third kappa shape index (κ3) is 3.12. The zero-order valence-corrected chi connectivity index (χ0v) is 11.4. The summed E-state index contributed by atoms with van der Waals surface area (Å²) in [5.41, 5.74) is 0.360. The lowest BCUT2D eigenvalue weighted by atomic mass is 9.72. The van der Waals surface area contributed by atoms with Gasteiger partial charge in [-0.15, -0.1) is 0 Å². The van der Waals surface area contributed by atoms with Crippen molar-refractivity contribution in [3.63, 3.8) is 0 Å². The zero-order chi connectivity index (χ0) is 13.2. The molecule has 1 heterocycles. The zero-order valence-electron chi connectivity index (χ0n) is 11.4. The van der Waals surface area contributed by atoms with Gasteiger partial charge in [0.25, 0.3) is 0 Å². The van der Waals surface area contributed by atoms with Gasteiger partial charge in [-0.1, -0.05) is 20.8 Å². The highest BCUT2D eigenvalue weighted by atomic mass is 16.6. The Labute approximate surface area is 108 Å². The van der Waals surface area contributed by atoms with E-state index >= 15 is 0 Å². The number of hydrogen-bond acceptors (Lipinski definition) is 3. The summed E-state index contributed by atoms with van der Waals surface area (Å²) in [5, 5.41) is 0. The summed E-state index contributed by atoms with van der Waals surface area (Å²) < 4.78 is 6.87. The molecule has 0 bridgehead atoms. The van der Waals surface area contributed by atoms with E-state index in [0.29, 0.717) is 5.41 Å². The van der Waals surface area contributed by atoms with Gasteiger partial charge in [0.1, 0.15) is 12.4 Å². The van der Waals surface area contributed by atoms with Crippen molar-refractivity contribution in [3.8, 4) is 0 Å². The number of nitrogens with zero attached hydrogens (tertiary/aromatic N) is 2. The third-order valence-corrected chi connectivity index (χ3v) is 3.88. The third-order valence-electron chi connectivity index (χ3n) is 3.88. The Hall–Kier alpha value is -1.32. The van der Waals surface area contributed by atoms with Crippen molar-refractivity contribution >= 4 is 6.09 Å². The van der Waals surface area contributed by atoms with E-state index in [1.165, 1.54) is 10.9 Å². The Kier molecular flexibility index (Phi) is 3.73. The maximum Gasteiger partial charge on any atom is 0.419 e. The first-order valence-corrected chi connectivity index (χ1v) is 6.66. The van der Waals surface area contributed by atoms with Crippen LogP contribution in [0, 0.1) is 11.3 Å². The summed E-state index contributed by atoms with van der Waals surface area (Å²) in [6.45, 7) is 6.86. The molecule has 0 saturated heterocycles. The van der Waals surface area contributed by atoms with Crippen LogP contribution >= 0.6 is 0 Å². The van der Waals surface area contributed by atoms with Gasteiger partial charge in [0.2, 0.25) is 0 Å². The highest BCUT2D eigenvalue weighted by Gasteiger charge is 2.31. The normalized spacial score (nSPS) is 24.8. The predicted molar refractivity (Wildman–Crippen MR) is 69.3 cm³/mol. The molecule has 0 amide bonds. The summed E-state index contributed by atoms with van der Waals surface area (Å²) in [5.74, 6) is 0.737. The largest absolute Gasteiger partial charge is 0.446 e. The van der Waals surface area contributed by atoms with Crippen molar-refractivity contribution < 1.29 is 9.53 Å². The Morgan fingerprint density at radius 3 is 2.44 bits per heavy atom. The first-order chi connectivity index (χ1) is 8.47. The van der Waals surface area contributed by atoms with Crippen LogP contribution in [0.2, 0.25) is 0 Å². The molecule has 18 heavy (non-hydrogen) atoms. The Morgan fingerprint density at radius 1 is 1.28 bits per heavy atom. The Bertz CT molecular complexity index is 384. The first-order valence-electron chi connectivity index (χ1n) is 6.66. The van der Waals surface area contributed by atoms with Gasteiger partial charge in [-0.3, -0.25) is 0 Å². The highest BCUT2D eigenvalue weighted by Crippen LogP contribution is 2.38. The average molecular weight is 250 g/mol. The minimum absolute atomic E-state index is 0.0681. The van der Waals surface area contributed by atoms with Crippen LogP contribution < -0.4 is 0 Å². The molecule has 0 aliphatic heterocycles. The van der Waals surface area contributed by atoms with E-state index in [-0.39, 0.29) is 12.2 Å². The van der Waals surface area contributed by atoms with E-state index in [4.69, 9.17) is 4.74 Å². The van der Waals surface area contributed by atoms with Gasteiger partial charge >= 0.3 is 6.09 Å². The van der Waals surface area contributed by atoms with Crippen molar-refractivity contribution in [1.29, 1.82) is 0 Å². The van der Waals surface area contributed by atoms with Crippen molar-refractivity contribution in [2.24, 2.45) is 11.3 Å². The Morgan fingerprint density at radius 2 is 1.94 bits per heavy atom. The van der Waals surface area contributed by atoms with Crippen LogP contribution in [-0.2, 0) is 4.74 Å². The minimum atomic E-state index is -0.313. The molecule has 1 aromatic rings. The van der Waals surface area contributed by atoms with E-state index in [1.54, 1.807) is 12.4 Å². The van der Waals surface area contributed by atoms with E-state index in [1.807, 2.05) is 0 Å². The fourth-order valence-corrected chi connectivity index (χ4v) is 2.62. The monoisotopic (exact) mass is 250 g/mol. The number of rotatable bonds is 1. The molecule has 1 aliphatic carbocycles. The molecule has 2 rings (SSSR count). The molecular formula is C14H22N2O2. The fraction of sp³-hybridized carbons (Fsp3) is 0.714. The van der Waals surface area contributed by atoms with Crippen molar-refractivity contribution in [2.45, 2.75) is 52.6 Å². The lowest BCUT2D eigenvalue weighted by Gasteiger charge is -2.36. The fourth-order valence-electron chi connectivity index (χ4n) is 2.62. The number of carbonyl (C=O) groups excluding carboxylic acids is 1. The molecule has 100 valence electrons. The first kappa shape index (κ1) is 13.1. The van der Waals surface area contributed by atoms with Gasteiger partial charge in [0, 0.05) is 12.4 Å². The molecule has 0 radical (unpaired) electrons. The molecule has 0 aromatic carbocycles. The van der Waals surface area contributed by atoms with Crippen LogP contribution in [-0.4, -0.2) is 21.7 Å². The molecule has 1 saturated carbocycles.